The SMILES string of the molecule is CN(c1ccc2ccccc2c1)c1ccc2c3ccccc3n(-c3ccccc3)c2c1. The summed E-state index contributed by atoms with van der Waals surface area (Å²) < 4.78 is 2.36. The first-order valence-corrected chi connectivity index (χ1v) is 10.6. The maximum Gasteiger partial charge on any atom is 0.0561 e. The van der Waals surface area contributed by atoms with Gasteiger partial charge in [-0.1, -0.05) is 72.8 Å². The number of aromatic nitrogens is 1. The number of para-hydroxylation sites is 2. The molecule has 0 bridgehead atoms. The third-order valence-corrected chi connectivity index (χ3v) is 6.18. The summed E-state index contributed by atoms with van der Waals surface area (Å²) in [5.74, 6) is 0. The Morgan fingerprint density at radius 1 is 0.516 bits per heavy atom. The first-order chi connectivity index (χ1) is 15.3. The Balaban J connectivity index is 1.55. The Morgan fingerprint density at radius 3 is 2.03 bits per heavy atom. The third-order valence-electron chi connectivity index (χ3n) is 6.18. The van der Waals surface area contributed by atoms with E-state index in [-0.39, 0.29) is 0 Å². The van der Waals surface area contributed by atoms with E-state index < -0.39 is 0 Å². The number of nitrogens with zero attached hydrogens (tertiary/aromatic N) is 2. The summed E-state index contributed by atoms with van der Waals surface area (Å²) in [6.45, 7) is 0. The minimum absolute atomic E-state index is 1.17. The van der Waals surface area contributed by atoms with Crippen molar-refractivity contribution < 1.29 is 0 Å². The van der Waals surface area contributed by atoms with Gasteiger partial charge in [0.25, 0.3) is 0 Å². The van der Waals surface area contributed by atoms with Gasteiger partial charge < -0.3 is 9.47 Å². The van der Waals surface area contributed by atoms with Crippen molar-refractivity contribution in [2.24, 2.45) is 0 Å². The standard InChI is InChI=1S/C29H22N2/c1-30(24-16-15-21-9-5-6-10-22(21)19-24)25-17-18-27-26-13-7-8-14-28(26)31(29(27)20-25)23-11-3-2-4-12-23/h2-20H,1H3. The molecule has 0 spiro atoms. The Morgan fingerprint density at radius 2 is 1.16 bits per heavy atom. The molecule has 6 aromatic rings. The second-order valence-electron chi connectivity index (χ2n) is 7.98. The average molecular weight is 399 g/mol. The smallest absolute Gasteiger partial charge is 0.0561 e. The van der Waals surface area contributed by atoms with E-state index in [0.717, 1.165) is 0 Å². The molecule has 6 rings (SSSR count). The molecule has 5 aromatic carbocycles. The van der Waals surface area contributed by atoms with Crippen molar-refractivity contribution in [3.8, 4) is 5.69 Å². The van der Waals surface area contributed by atoms with E-state index in [1.165, 1.54) is 49.6 Å². The molecule has 0 aliphatic heterocycles. The lowest BCUT2D eigenvalue weighted by Crippen LogP contribution is -2.09. The molecular weight excluding hydrogens is 376 g/mol. The van der Waals surface area contributed by atoms with E-state index in [1.54, 1.807) is 0 Å². The van der Waals surface area contributed by atoms with E-state index in [4.69, 9.17) is 0 Å². The molecule has 1 aromatic heterocycles. The van der Waals surface area contributed by atoms with Crippen LogP contribution in [0.4, 0.5) is 11.4 Å². The zero-order chi connectivity index (χ0) is 20.8. The van der Waals surface area contributed by atoms with Crippen molar-refractivity contribution in [1.82, 2.24) is 4.57 Å². The number of hydrogen-bond donors (Lipinski definition) is 0. The molecule has 1 heterocycles. The largest absolute Gasteiger partial charge is 0.345 e. The van der Waals surface area contributed by atoms with Gasteiger partial charge in [-0.15, -0.1) is 0 Å². The minimum atomic E-state index is 1.17. The fourth-order valence-electron chi connectivity index (χ4n) is 4.56. The third kappa shape index (κ3) is 2.88. The van der Waals surface area contributed by atoms with E-state index >= 15 is 0 Å². The predicted octanol–water partition coefficient (Wildman–Crippen LogP) is 7.70. The quantitative estimate of drug-likeness (QED) is 0.296. The van der Waals surface area contributed by atoms with Crippen molar-refractivity contribution >= 4 is 44.0 Å². The predicted molar refractivity (Wildman–Crippen MR) is 133 cm³/mol. The van der Waals surface area contributed by atoms with Crippen molar-refractivity contribution in [2.75, 3.05) is 11.9 Å². The van der Waals surface area contributed by atoms with Crippen molar-refractivity contribution in [3.05, 3.63) is 115 Å². The summed E-state index contributed by atoms with van der Waals surface area (Å²) in [7, 11) is 2.14. The second kappa shape index (κ2) is 7.03. The normalized spacial score (nSPS) is 11.4. The van der Waals surface area contributed by atoms with Gasteiger partial charge in [0.2, 0.25) is 0 Å². The Hall–Kier alpha value is -4.04. The van der Waals surface area contributed by atoms with Gasteiger partial charge in [0, 0.05) is 34.9 Å². The van der Waals surface area contributed by atoms with Crippen LogP contribution in [0.5, 0.6) is 0 Å². The lowest BCUT2D eigenvalue weighted by atomic mass is 10.1. The monoisotopic (exact) mass is 398 g/mol. The highest BCUT2D eigenvalue weighted by molar-refractivity contribution is 6.10. The Bertz CT molecular complexity index is 1540. The minimum Gasteiger partial charge on any atom is -0.345 e. The molecule has 2 heteroatoms. The molecule has 0 atom stereocenters. The van der Waals surface area contributed by atoms with Crippen molar-refractivity contribution in [3.63, 3.8) is 0 Å². The maximum absolute atomic E-state index is 2.36. The maximum atomic E-state index is 2.36. The number of hydrogen-bond acceptors (Lipinski definition) is 1. The molecule has 0 saturated heterocycles. The molecule has 0 saturated carbocycles. The Kier molecular flexibility index (Phi) is 4.03. The molecule has 0 fully saturated rings. The van der Waals surface area contributed by atoms with Crippen LogP contribution in [0.15, 0.2) is 115 Å². The fourth-order valence-corrected chi connectivity index (χ4v) is 4.56. The summed E-state index contributed by atoms with van der Waals surface area (Å²) in [6, 6.07) is 41.2. The summed E-state index contributed by atoms with van der Waals surface area (Å²) in [4.78, 5) is 2.26. The highest BCUT2D eigenvalue weighted by Gasteiger charge is 2.14. The highest BCUT2D eigenvalue weighted by Crippen LogP contribution is 2.36. The molecular formula is C29H22N2. The van der Waals surface area contributed by atoms with Gasteiger partial charge in [-0.25, -0.2) is 0 Å². The highest BCUT2D eigenvalue weighted by atomic mass is 15.1. The van der Waals surface area contributed by atoms with Crippen LogP contribution in [0.3, 0.4) is 0 Å². The van der Waals surface area contributed by atoms with Crippen molar-refractivity contribution in [1.29, 1.82) is 0 Å². The van der Waals surface area contributed by atoms with Gasteiger partial charge in [0.15, 0.2) is 0 Å². The van der Waals surface area contributed by atoms with Crippen LogP contribution < -0.4 is 4.90 Å². The molecule has 0 amide bonds. The number of anilines is 2. The topological polar surface area (TPSA) is 8.17 Å². The van der Waals surface area contributed by atoms with Gasteiger partial charge in [-0.3, -0.25) is 0 Å². The summed E-state index contributed by atoms with van der Waals surface area (Å²) in [5, 5.41) is 5.07. The van der Waals surface area contributed by atoms with Gasteiger partial charge in [-0.2, -0.15) is 0 Å². The van der Waals surface area contributed by atoms with Gasteiger partial charge >= 0.3 is 0 Å². The first-order valence-electron chi connectivity index (χ1n) is 10.6. The summed E-state index contributed by atoms with van der Waals surface area (Å²) in [5.41, 5.74) is 5.98. The van der Waals surface area contributed by atoms with Crippen LogP contribution >= 0.6 is 0 Å². The van der Waals surface area contributed by atoms with Crippen LogP contribution in [-0.2, 0) is 0 Å². The van der Waals surface area contributed by atoms with E-state index in [9.17, 15) is 0 Å². The van der Waals surface area contributed by atoms with E-state index in [2.05, 4.69) is 132 Å². The van der Waals surface area contributed by atoms with Gasteiger partial charge in [0.05, 0.1) is 11.0 Å². The second-order valence-corrected chi connectivity index (χ2v) is 7.98. The lowest BCUT2D eigenvalue weighted by Gasteiger charge is -2.20. The molecule has 0 radical (unpaired) electrons. The van der Waals surface area contributed by atoms with Crippen LogP contribution in [0.2, 0.25) is 0 Å². The molecule has 0 N–H and O–H groups in total. The average Bonchev–Trinajstić information content (AvgIpc) is 3.17. The summed E-state index contributed by atoms with van der Waals surface area (Å²) in [6.07, 6.45) is 0. The zero-order valence-corrected chi connectivity index (χ0v) is 17.4. The van der Waals surface area contributed by atoms with E-state index in [1.807, 2.05) is 0 Å². The van der Waals surface area contributed by atoms with Crippen LogP contribution in [0.1, 0.15) is 0 Å². The molecule has 0 aliphatic rings. The lowest BCUT2D eigenvalue weighted by molar-refractivity contribution is 1.17. The zero-order valence-electron chi connectivity index (χ0n) is 17.4. The number of fused-ring (bicyclic) bond motifs is 4. The number of benzene rings is 5. The molecule has 0 unspecified atom stereocenters. The van der Waals surface area contributed by atoms with Gasteiger partial charge in [0.1, 0.15) is 0 Å². The first kappa shape index (κ1) is 17.8. The van der Waals surface area contributed by atoms with Crippen LogP contribution in [-0.4, -0.2) is 11.6 Å². The van der Waals surface area contributed by atoms with Crippen LogP contribution in [0.25, 0.3) is 38.3 Å². The Labute approximate surface area is 181 Å². The molecule has 148 valence electrons. The molecule has 31 heavy (non-hydrogen) atoms. The van der Waals surface area contributed by atoms with Gasteiger partial charge in [-0.05, 0) is 53.2 Å². The number of rotatable bonds is 3. The summed E-state index contributed by atoms with van der Waals surface area (Å²) >= 11 is 0. The molecule has 0 aliphatic carbocycles. The fraction of sp³-hybridized carbons (Fsp3) is 0.0345. The van der Waals surface area contributed by atoms with Crippen LogP contribution in [0, 0.1) is 0 Å². The van der Waals surface area contributed by atoms with Crippen molar-refractivity contribution in [2.45, 2.75) is 0 Å². The molecule has 2 nitrogen and oxygen atoms in total. The van der Waals surface area contributed by atoms with E-state index in [0.29, 0.717) is 0 Å².